The smallest absolute Gasteiger partial charge is 0.263 e. The summed E-state index contributed by atoms with van der Waals surface area (Å²) < 4.78 is 27.1. The maximum Gasteiger partial charge on any atom is 0.263 e. The van der Waals surface area contributed by atoms with Gasteiger partial charge in [0, 0.05) is 25.7 Å². The van der Waals surface area contributed by atoms with E-state index in [1.807, 2.05) is 0 Å². The largest absolute Gasteiger partial charge is 0.347 e. The minimum absolute atomic E-state index is 0.0730. The molecule has 6 nitrogen and oxygen atoms in total. The Hall–Kier alpha value is -0.960. The Morgan fingerprint density at radius 1 is 1.26 bits per heavy atom. The summed E-state index contributed by atoms with van der Waals surface area (Å²) in [4.78, 5) is 13.0. The van der Waals surface area contributed by atoms with Crippen LogP contribution in [0.4, 0.5) is 0 Å². The molecule has 0 aromatic carbocycles. The fourth-order valence-electron chi connectivity index (χ4n) is 3.14. The second-order valence-electron chi connectivity index (χ2n) is 6.10. The van der Waals surface area contributed by atoms with E-state index in [1.54, 1.807) is 11.4 Å². The van der Waals surface area contributed by atoms with Crippen molar-refractivity contribution in [2.24, 2.45) is 0 Å². The number of rotatable bonds is 4. The Morgan fingerprint density at radius 3 is 2.74 bits per heavy atom. The molecule has 1 aromatic rings. The van der Waals surface area contributed by atoms with Crippen LogP contribution in [-0.2, 0) is 10.0 Å². The second kappa shape index (κ2) is 7.29. The van der Waals surface area contributed by atoms with Crippen molar-refractivity contribution >= 4 is 27.3 Å². The van der Waals surface area contributed by atoms with Gasteiger partial charge in [-0.05, 0) is 43.7 Å². The molecule has 0 radical (unpaired) electrons. The average Bonchev–Trinajstić information content (AvgIpc) is 3.07. The van der Waals surface area contributed by atoms with Gasteiger partial charge in [0.1, 0.15) is 9.77 Å². The van der Waals surface area contributed by atoms with E-state index in [0.29, 0.717) is 18.0 Å². The first kappa shape index (κ1) is 16.9. The molecule has 0 bridgehead atoms. The number of hydrogen-bond donors (Lipinski definition) is 2. The van der Waals surface area contributed by atoms with Gasteiger partial charge >= 0.3 is 0 Å². The van der Waals surface area contributed by atoms with Crippen LogP contribution in [0.15, 0.2) is 16.3 Å². The van der Waals surface area contributed by atoms with Gasteiger partial charge in [0.2, 0.25) is 10.0 Å². The maximum atomic E-state index is 12.8. The summed E-state index contributed by atoms with van der Waals surface area (Å²) in [5.41, 5.74) is 0. The molecule has 3 rings (SSSR count). The molecule has 8 heteroatoms. The zero-order valence-corrected chi connectivity index (χ0v) is 14.7. The van der Waals surface area contributed by atoms with Gasteiger partial charge < -0.3 is 10.6 Å². The molecule has 1 amide bonds. The standard InChI is InChI=1S/C15H23N3O3S2/c19-15(17-12-5-4-7-16-11-12)14-13(6-10-22-14)23(20,21)18-8-2-1-3-9-18/h6,10,12,16H,1-5,7-9,11H2,(H,17,19)/t12-/m0/s1. The molecular formula is C15H23N3O3S2. The van der Waals surface area contributed by atoms with Crippen molar-refractivity contribution in [3.8, 4) is 0 Å². The van der Waals surface area contributed by atoms with Gasteiger partial charge in [-0.15, -0.1) is 11.3 Å². The monoisotopic (exact) mass is 357 g/mol. The van der Waals surface area contributed by atoms with Crippen molar-refractivity contribution in [2.45, 2.75) is 43.0 Å². The number of hydrogen-bond acceptors (Lipinski definition) is 5. The van der Waals surface area contributed by atoms with Crippen molar-refractivity contribution in [1.82, 2.24) is 14.9 Å². The van der Waals surface area contributed by atoms with E-state index in [9.17, 15) is 13.2 Å². The van der Waals surface area contributed by atoms with Crippen LogP contribution in [0.1, 0.15) is 41.8 Å². The van der Waals surface area contributed by atoms with Crippen LogP contribution in [0.25, 0.3) is 0 Å². The van der Waals surface area contributed by atoms with Gasteiger partial charge in [0.05, 0.1) is 0 Å². The number of amides is 1. The molecule has 0 aliphatic carbocycles. The predicted octanol–water partition coefficient (Wildman–Crippen LogP) is 1.40. The van der Waals surface area contributed by atoms with E-state index in [-0.39, 0.29) is 16.8 Å². The minimum Gasteiger partial charge on any atom is -0.347 e. The molecule has 2 fully saturated rings. The highest BCUT2D eigenvalue weighted by atomic mass is 32.2. The van der Waals surface area contributed by atoms with Crippen LogP contribution in [0.5, 0.6) is 0 Å². The third kappa shape index (κ3) is 3.76. The topological polar surface area (TPSA) is 78.5 Å². The molecule has 3 heterocycles. The quantitative estimate of drug-likeness (QED) is 0.854. The van der Waals surface area contributed by atoms with Gasteiger partial charge in [-0.25, -0.2) is 8.42 Å². The Balaban J connectivity index is 1.76. The number of carbonyl (C=O) groups is 1. The zero-order valence-electron chi connectivity index (χ0n) is 13.1. The van der Waals surface area contributed by atoms with E-state index in [4.69, 9.17) is 0 Å². The van der Waals surface area contributed by atoms with Crippen LogP contribution in [-0.4, -0.2) is 50.9 Å². The second-order valence-corrected chi connectivity index (χ2v) is 8.92. The average molecular weight is 358 g/mol. The van der Waals surface area contributed by atoms with E-state index < -0.39 is 10.0 Å². The molecular weight excluding hydrogens is 334 g/mol. The fraction of sp³-hybridized carbons (Fsp3) is 0.667. The first-order chi connectivity index (χ1) is 11.1. The number of thiophene rings is 1. The summed E-state index contributed by atoms with van der Waals surface area (Å²) >= 11 is 1.20. The van der Waals surface area contributed by atoms with E-state index in [0.717, 1.165) is 45.2 Å². The summed E-state index contributed by atoms with van der Waals surface area (Å²) in [6, 6.07) is 1.63. The van der Waals surface area contributed by atoms with Gasteiger partial charge in [-0.1, -0.05) is 6.42 Å². The highest BCUT2D eigenvalue weighted by molar-refractivity contribution is 7.89. The van der Waals surface area contributed by atoms with Gasteiger partial charge in [-0.2, -0.15) is 4.31 Å². The lowest BCUT2D eigenvalue weighted by molar-refractivity contribution is 0.0931. The van der Waals surface area contributed by atoms with E-state index >= 15 is 0 Å². The van der Waals surface area contributed by atoms with Crippen molar-refractivity contribution in [2.75, 3.05) is 26.2 Å². The van der Waals surface area contributed by atoms with Crippen LogP contribution in [0.2, 0.25) is 0 Å². The lowest BCUT2D eigenvalue weighted by Gasteiger charge is -2.26. The number of carbonyl (C=O) groups excluding carboxylic acids is 1. The molecule has 0 unspecified atom stereocenters. The third-order valence-electron chi connectivity index (χ3n) is 4.40. The molecule has 128 valence electrons. The zero-order chi connectivity index (χ0) is 16.3. The van der Waals surface area contributed by atoms with Gasteiger partial charge in [-0.3, -0.25) is 4.79 Å². The molecule has 2 N–H and O–H groups in total. The Morgan fingerprint density at radius 2 is 2.04 bits per heavy atom. The minimum atomic E-state index is -3.57. The lowest BCUT2D eigenvalue weighted by Crippen LogP contribution is -2.45. The van der Waals surface area contributed by atoms with Crippen LogP contribution in [0, 0.1) is 0 Å². The number of sulfonamides is 1. The Kier molecular flexibility index (Phi) is 5.35. The maximum absolute atomic E-state index is 12.8. The summed E-state index contributed by atoms with van der Waals surface area (Å²) in [7, 11) is -3.57. The molecule has 1 aromatic heterocycles. The van der Waals surface area contributed by atoms with Crippen LogP contribution >= 0.6 is 11.3 Å². The van der Waals surface area contributed by atoms with E-state index in [1.165, 1.54) is 15.6 Å². The number of piperidine rings is 2. The van der Waals surface area contributed by atoms with Crippen LogP contribution in [0.3, 0.4) is 0 Å². The van der Waals surface area contributed by atoms with Crippen molar-refractivity contribution in [1.29, 1.82) is 0 Å². The van der Waals surface area contributed by atoms with Crippen molar-refractivity contribution < 1.29 is 13.2 Å². The first-order valence-electron chi connectivity index (χ1n) is 8.18. The molecule has 2 aliphatic heterocycles. The highest BCUT2D eigenvalue weighted by Gasteiger charge is 2.31. The van der Waals surface area contributed by atoms with Gasteiger partial charge in [0.25, 0.3) is 5.91 Å². The highest BCUT2D eigenvalue weighted by Crippen LogP contribution is 2.27. The Labute approximate surface area is 141 Å². The Bertz CT molecular complexity index is 645. The summed E-state index contributed by atoms with van der Waals surface area (Å²) in [6.07, 6.45) is 4.79. The van der Waals surface area contributed by atoms with Gasteiger partial charge in [0.15, 0.2) is 0 Å². The summed E-state index contributed by atoms with van der Waals surface area (Å²) in [5.74, 6) is -0.274. The normalized spacial score (nSPS) is 23.6. The van der Waals surface area contributed by atoms with Crippen molar-refractivity contribution in [3.63, 3.8) is 0 Å². The third-order valence-corrected chi connectivity index (χ3v) is 7.38. The lowest BCUT2D eigenvalue weighted by atomic mass is 10.1. The number of nitrogens with one attached hydrogen (secondary N) is 2. The first-order valence-corrected chi connectivity index (χ1v) is 10.5. The predicted molar refractivity (Wildman–Crippen MR) is 90.3 cm³/mol. The van der Waals surface area contributed by atoms with Crippen molar-refractivity contribution in [3.05, 3.63) is 16.3 Å². The molecule has 1 atom stereocenters. The van der Waals surface area contributed by atoms with E-state index in [2.05, 4.69) is 10.6 Å². The summed E-state index contributed by atoms with van der Waals surface area (Å²) in [5, 5.41) is 7.89. The molecule has 2 aliphatic rings. The molecule has 23 heavy (non-hydrogen) atoms. The SMILES string of the molecule is O=C(N[C@H]1CCCNC1)c1sccc1S(=O)(=O)N1CCCCC1. The van der Waals surface area contributed by atoms with Crippen LogP contribution < -0.4 is 10.6 Å². The summed E-state index contributed by atoms with van der Waals surface area (Å²) in [6.45, 7) is 2.81. The molecule has 0 spiro atoms. The fourth-order valence-corrected chi connectivity index (χ4v) is 5.96. The molecule has 0 saturated carbocycles. The number of nitrogens with zero attached hydrogens (tertiary/aromatic N) is 1. The molecule has 2 saturated heterocycles.